The summed E-state index contributed by atoms with van der Waals surface area (Å²) in [6.07, 6.45) is 0. The molecule has 17 heavy (non-hydrogen) atoms. The lowest BCUT2D eigenvalue weighted by Gasteiger charge is -2.20. The zero-order valence-electron chi connectivity index (χ0n) is 8.83. The van der Waals surface area contributed by atoms with Crippen molar-refractivity contribution in [2.75, 3.05) is 23.9 Å². The Bertz CT molecular complexity index is 410. The van der Waals surface area contributed by atoms with Gasteiger partial charge >= 0.3 is 12.0 Å². The maximum Gasteiger partial charge on any atom is 0.327 e. The number of carboxylic acid groups (broad SMARTS) is 1. The number of sulfonamides is 1. The van der Waals surface area contributed by atoms with Crippen LogP contribution in [0.4, 0.5) is 4.79 Å². The topological polar surface area (TPSA) is 130 Å². The summed E-state index contributed by atoms with van der Waals surface area (Å²) in [6.45, 7) is -0.134. The molecule has 1 fully saturated rings. The Hall–Kier alpha value is -1.00. The van der Waals surface area contributed by atoms with Crippen molar-refractivity contribution in [3.05, 3.63) is 0 Å². The van der Waals surface area contributed by atoms with Crippen molar-refractivity contribution in [1.82, 2.24) is 10.2 Å². The minimum atomic E-state index is -3.63. The summed E-state index contributed by atoms with van der Waals surface area (Å²) in [6, 6.07) is -1.46. The number of rotatable bonds is 4. The van der Waals surface area contributed by atoms with Gasteiger partial charge in [-0.25, -0.2) is 23.1 Å². The summed E-state index contributed by atoms with van der Waals surface area (Å²) < 4.78 is 21.2. The highest BCUT2D eigenvalue weighted by molar-refractivity contribution is 7.99. The Morgan fingerprint density at radius 1 is 1.53 bits per heavy atom. The first-order chi connectivity index (χ1) is 7.81. The number of amides is 2. The monoisotopic (exact) mass is 283 g/mol. The van der Waals surface area contributed by atoms with Gasteiger partial charge in [0.1, 0.15) is 6.04 Å². The lowest BCUT2D eigenvalue weighted by atomic mass is 10.3. The highest BCUT2D eigenvalue weighted by Gasteiger charge is 2.34. The average molecular weight is 283 g/mol. The van der Waals surface area contributed by atoms with Crippen LogP contribution in [0.3, 0.4) is 0 Å². The minimum Gasteiger partial charge on any atom is -0.480 e. The fourth-order valence-corrected chi connectivity index (χ4v) is 2.78. The predicted molar refractivity (Wildman–Crippen MR) is 62.0 cm³/mol. The lowest BCUT2D eigenvalue weighted by molar-refractivity contribution is -0.140. The summed E-state index contributed by atoms with van der Waals surface area (Å²) in [7, 11) is -3.63. The Morgan fingerprint density at radius 2 is 2.18 bits per heavy atom. The number of carbonyl (C=O) groups is 2. The third kappa shape index (κ3) is 4.40. The maximum absolute atomic E-state index is 11.5. The Labute approximate surface area is 103 Å². The third-order valence-electron chi connectivity index (χ3n) is 2.09. The van der Waals surface area contributed by atoms with Crippen molar-refractivity contribution in [2.45, 2.75) is 6.04 Å². The number of thioether (sulfide) groups is 1. The van der Waals surface area contributed by atoms with E-state index in [0.29, 0.717) is 5.75 Å². The van der Waals surface area contributed by atoms with Gasteiger partial charge in [-0.3, -0.25) is 0 Å². The van der Waals surface area contributed by atoms with E-state index in [-0.39, 0.29) is 18.2 Å². The highest BCUT2D eigenvalue weighted by atomic mass is 32.2. The molecular weight excluding hydrogens is 270 g/mol. The normalized spacial score (nSPS) is 20.3. The molecule has 10 heteroatoms. The fraction of sp³-hybridized carbons (Fsp3) is 0.714. The lowest BCUT2D eigenvalue weighted by Crippen LogP contribution is -2.47. The number of nitrogens with two attached hydrogens (primary N) is 1. The molecule has 0 bridgehead atoms. The van der Waals surface area contributed by atoms with Gasteiger partial charge in [0.15, 0.2) is 0 Å². The summed E-state index contributed by atoms with van der Waals surface area (Å²) in [5.41, 5.74) is 0. The van der Waals surface area contributed by atoms with Crippen LogP contribution in [-0.4, -0.2) is 60.4 Å². The van der Waals surface area contributed by atoms with Crippen LogP contribution < -0.4 is 10.5 Å². The van der Waals surface area contributed by atoms with Crippen LogP contribution in [0, 0.1) is 0 Å². The van der Waals surface area contributed by atoms with Crippen LogP contribution in [0.15, 0.2) is 0 Å². The molecule has 8 nitrogen and oxygen atoms in total. The molecule has 1 rings (SSSR count). The largest absolute Gasteiger partial charge is 0.480 e. The first-order valence-electron chi connectivity index (χ1n) is 4.67. The van der Waals surface area contributed by atoms with Gasteiger partial charge in [0.05, 0.1) is 11.6 Å². The van der Waals surface area contributed by atoms with Crippen LogP contribution in [-0.2, 0) is 14.8 Å². The first-order valence-corrected chi connectivity index (χ1v) is 7.54. The first kappa shape index (κ1) is 14.1. The number of urea groups is 1. The third-order valence-corrected chi connectivity index (χ3v) is 3.88. The van der Waals surface area contributed by atoms with Crippen LogP contribution in [0.1, 0.15) is 0 Å². The second-order valence-electron chi connectivity index (χ2n) is 3.42. The molecule has 0 aromatic heterocycles. The van der Waals surface area contributed by atoms with Crippen LogP contribution in [0.5, 0.6) is 0 Å². The van der Waals surface area contributed by atoms with Gasteiger partial charge in [-0.1, -0.05) is 0 Å². The summed E-state index contributed by atoms with van der Waals surface area (Å²) in [4.78, 5) is 23.5. The number of nitrogens with zero attached hydrogens (tertiary/aromatic N) is 1. The molecule has 2 amide bonds. The molecule has 1 saturated heterocycles. The molecule has 1 heterocycles. The number of primary sulfonamides is 1. The number of nitrogens with one attached hydrogen (secondary N) is 1. The van der Waals surface area contributed by atoms with E-state index >= 15 is 0 Å². The molecule has 1 atom stereocenters. The molecule has 0 spiro atoms. The molecule has 0 radical (unpaired) electrons. The summed E-state index contributed by atoms with van der Waals surface area (Å²) >= 11 is 1.33. The molecule has 0 aliphatic carbocycles. The number of aliphatic carboxylic acids is 1. The van der Waals surface area contributed by atoms with E-state index < -0.39 is 28.1 Å². The van der Waals surface area contributed by atoms with E-state index in [2.05, 4.69) is 5.32 Å². The highest BCUT2D eigenvalue weighted by Crippen LogP contribution is 2.20. The maximum atomic E-state index is 11.5. The molecule has 0 unspecified atom stereocenters. The van der Waals surface area contributed by atoms with Crippen molar-refractivity contribution >= 4 is 33.8 Å². The fourth-order valence-electron chi connectivity index (χ4n) is 1.25. The summed E-state index contributed by atoms with van der Waals surface area (Å²) in [5.74, 6) is -0.843. The predicted octanol–water partition coefficient (Wildman–Crippen LogP) is -1.56. The van der Waals surface area contributed by atoms with E-state index in [9.17, 15) is 18.0 Å². The van der Waals surface area contributed by atoms with Gasteiger partial charge in [-0.2, -0.15) is 0 Å². The van der Waals surface area contributed by atoms with Gasteiger partial charge in [0.25, 0.3) is 0 Å². The molecule has 1 aliphatic rings. The van der Waals surface area contributed by atoms with Gasteiger partial charge in [0, 0.05) is 12.3 Å². The SMILES string of the molecule is NS(=O)(=O)CCNC(=O)N1CSC[C@H]1C(=O)O. The van der Waals surface area contributed by atoms with E-state index in [0.717, 1.165) is 4.90 Å². The van der Waals surface area contributed by atoms with Crippen LogP contribution in [0.25, 0.3) is 0 Å². The Kier molecular flexibility index (Phi) is 4.60. The van der Waals surface area contributed by atoms with E-state index in [4.69, 9.17) is 10.2 Å². The molecule has 0 aromatic carbocycles. The van der Waals surface area contributed by atoms with Crippen molar-refractivity contribution < 1.29 is 23.1 Å². The molecule has 0 saturated carbocycles. The van der Waals surface area contributed by atoms with Crippen LogP contribution >= 0.6 is 11.8 Å². The van der Waals surface area contributed by atoms with Gasteiger partial charge in [-0.15, -0.1) is 11.8 Å². The number of carbonyl (C=O) groups excluding carboxylic acids is 1. The zero-order valence-corrected chi connectivity index (χ0v) is 10.5. The molecule has 98 valence electrons. The smallest absolute Gasteiger partial charge is 0.327 e. The Morgan fingerprint density at radius 3 is 2.71 bits per heavy atom. The zero-order chi connectivity index (χ0) is 13.1. The molecule has 4 N–H and O–H groups in total. The second-order valence-corrected chi connectivity index (χ2v) is 6.16. The van der Waals surface area contributed by atoms with E-state index in [1.165, 1.54) is 11.8 Å². The van der Waals surface area contributed by atoms with E-state index in [1.54, 1.807) is 0 Å². The molecule has 0 aromatic rings. The minimum absolute atomic E-state index is 0.134. The number of carboxylic acids is 1. The van der Waals surface area contributed by atoms with Crippen molar-refractivity contribution in [3.8, 4) is 0 Å². The summed E-state index contributed by atoms with van der Waals surface area (Å²) in [5, 5.41) is 15.9. The average Bonchev–Trinajstić information content (AvgIpc) is 2.63. The van der Waals surface area contributed by atoms with Crippen molar-refractivity contribution in [3.63, 3.8) is 0 Å². The van der Waals surface area contributed by atoms with Gasteiger partial charge in [0.2, 0.25) is 10.0 Å². The van der Waals surface area contributed by atoms with Crippen molar-refractivity contribution in [2.24, 2.45) is 5.14 Å². The Balaban J connectivity index is 2.45. The van der Waals surface area contributed by atoms with E-state index in [1.807, 2.05) is 0 Å². The van der Waals surface area contributed by atoms with Gasteiger partial charge in [-0.05, 0) is 0 Å². The number of hydrogen-bond donors (Lipinski definition) is 3. The number of hydrogen-bond acceptors (Lipinski definition) is 5. The van der Waals surface area contributed by atoms with Crippen LogP contribution in [0.2, 0.25) is 0 Å². The molecular formula is C7H13N3O5S2. The molecule has 1 aliphatic heterocycles. The standard InChI is InChI=1S/C7H13N3O5S2/c8-17(14,15)2-1-9-7(13)10-4-16-3-5(10)6(11)12/h5H,1-4H2,(H,9,13)(H,11,12)(H2,8,14,15)/t5-/m0/s1. The van der Waals surface area contributed by atoms with Gasteiger partial charge < -0.3 is 15.3 Å². The second kappa shape index (κ2) is 5.56. The van der Waals surface area contributed by atoms with Crippen molar-refractivity contribution in [1.29, 1.82) is 0 Å². The quantitative estimate of drug-likeness (QED) is 0.572.